The molecule has 3 heterocycles. The van der Waals surface area contributed by atoms with Gasteiger partial charge < -0.3 is 25.6 Å². The summed E-state index contributed by atoms with van der Waals surface area (Å²) in [5.74, 6) is 4.16. The molecule has 4 N–H and O–H groups in total. The molecule has 0 amide bonds. The summed E-state index contributed by atoms with van der Waals surface area (Å²) in [7, 11) is 0. The van der Waals surface area contributed by atoms with Crippen molar-refractivity contribution in [3.8, 4) is 0 Å². The predicted molar refractivity (Wildman–Crippen MR) is 106 cm³/mol. The summed E-state index contributed by atoms with van der Waals surface area (Å²) in [6.45, 7) is 3.43. The van der Waals surface area contributed by atoms with E-state index >= 15 is 0 Å². The molecule has 2 fully saturated rings. The Morgan fingerprint density at radius 1 is 1.22 bits per heavy atom. The van der Waals surface area contributed by atoms with Crippen LogP contribution in [-0.2, 0) is 6.54 Å². The highest BCUT2D eigenvalue weighted by atomic mass is 16.3. The first kappa shape index (κ1) is 18.0. The minimum absolute atomic E-state index is 0.0503. The van der Waals surface area contributed by atoms with Crippen molar-refractivity contribution in [2.45, 2.75) is 44.6 Å². The summed E-state index contributed by atoms with van der Waals surface area (Å²) in [5.41, 5.74) is 5.90. The lowest BCUT2D eigenvalue weighted by Crippen LogP contribution is -2.36. The van der Waals surface area contributed by atoms with Crippen molar-refractivity contribution in [3.63, 3.8) is 0 Å². The van der Waals surface area contributed by atoms with E-state index < -0.39 is 0 Å². The number of anilines is 3. The number of aliphatic hydroxyl groups excluding tert-OH is 1. The number of hydrogen-bond donors (Lipinski definition) is 3. The number of imidazole rings is 1. The third-order valence-corrected chi connectivity index (χ3v) is 5.69. The van der Waals surface area contributed by atoms with Crippen molar-refractivity contribution in [1.29, 1.82) is 0 Å². The van der Waals surface area contributed by atoms with Gasteiger partial charge in [0, 0.05) is 50.6 Å². The average molecular weight is 371 g/mol. The number of hydrogen-bond acceptors (Lipinski definition) is 7. The van der Waals surface area contributed by atoms with Crippen LogP contribution in [0.3, 0.4) is 0 Å². The molecule has 0 spiro atoms. The molecule has 2 aliphatic rings. The van der Waals surface area contributed by atoms with E-state index in [0.717, 1.165) is 44.2 Å². The maximum atomic E-state index is 9.01. The second-order valence-electron chi connectivity index (χ2n) is 7.64. The normalized spacial score (nSPS) is 20.5. The van der Waals surface area contributed by atoms with Gasteiger partial charge in [-0.25, -0.2) is 4.98 Å². The van der Waals surface area contributed by atoms with Crippen LogP contribution < -0.4 is 16.0 Å². The zero-order valence-electron chi connectivity index (χ0n) is 15.7. The second kappa shape index (κ2) is 8.12. The molecule has 0 unspecified atom stereocenters. The first-order valence-corrected chi connectivity index (χ1v) is 9.98. The van der Waals surface area contributed by atoms with Crippen LogP contribution in [0.4, 0.5) is 17.6 Å². The maximum Gasteiger partial charge on any atom is 0.223 e. The van der Waals surface area contributed by atoms with Crippen LogP contribution in [0.5, 0.6) is 0 Å². The van der Waals surface area contributed by atoms with Crippen LogP contribution in [0, 0.1) is 5.92 Å². The Morgan fingerprint density at radius 2 is 2.11 bits per heavy atom. The fourth-order valence-corrected chi connectivity index (χ4v) is 4.07. The van der Waals surface area contributed by atoms with Gasteiger partial charge in [-0.2, -0.15) is 9.97 Å². The third-order valence-electron chi connectivity index (χ3n) is 5.69. The molecular formula is C19H29N7O. The van der Waals surface area contributed by atoms with Crippen LogP contribution in [-0.4, -0.2) is 50.9 Å². The molecule has 0 bridgehead atoms. The Morgan fingerprint density at radius 3 is 2.89 bits per heavy atom. The molecule has 8 heteroatoms. The summed E-state index contributed by atoms with van der Waals surface area (Å²) < 4.78 is 2.36. The lowest BCUT2D eigenvalue weighted by Gasteiger charge is -2.34. The Balaban J connectivity index is 1.48. The molecule has 2 aromatic heterocycles. The van der Waals surface area contributed by atoms with Crippen molar-refractivity contribution >= 4 is 17.6 Å². The van der Waals surface area contributed by atoms with Crippen LogP contribution in [0.1, 0.15) is 43.8 Å². The molecule has 0 radical (unpaired) electrons. The van der Waals surface area contributed by atoms with E-state index in [1.54, 1.807) is 0 Å². The first-order valence-electron chi connectivity index (χ1n) is 9.98. The van der Waals surface area contributed by atoms with Crippen LogP contribution >= 0.6 is 0 Å². The van der Waals surface area contributed by atoms with Crippen molar-refractivity contribution in [3.05, 3.63) is 24.3 Å². The number of nitrogens with one attached hydrogen (secondary N) is 1. The minimum atomic E-state index is 0.0503. The molecule has 1 aliphatic carbocycles. The van der Waals surface area contributed by atoms with E-state index in [0.29, 0.717) is 18.3 Å². The topological polar surface area (TPSA) is 105 Å². The van der Waals surface area contributed by atoms with E-state index in [4.69, 9.17) is 15.8 Å². The fraction of sp³-hybridized carbons (Fsp3) is 0.632. The molecule has 27 heavy (non-hydrogen) atoms. The lowest BCUT2D eigenvalue weighted by atomic mass is 9.85. The number of nitrogen functional groups attached to an aromatic ring is 1. The van der Waals surface area contributed by atoms with E-state index in [9.17, 15) is 0 Å². The van der Waals surface area contributed by atoms with E-state index in [-0.39, 0.29) is 12.6 Å². The van der Waals surface area contributed by atoms with Crippen molar-refractivity contribution < 1.29 is 5.11 Å². The molecular weight excluding hydrogens is 342 g/mol. The van der Waals surface area contributed by atoms with Crippen LogP contribution in [0.25, 0.3) is 0 Å². The molecule has 4 rings (SSSR count). The van der Waals surface area contributed by atoms with Crippen molar-refractivity contribution in [1.82, 2.24) is 19.5 Å². The SMILES string of the molecule is Nc1nc(NCCO)cc(N2CCC[C@H](c3nccn3CC3CCC3)C2)n1. The number of aliphatic hydroxyl groups is 1. The van der Waals surface area contributed by atoms with Gasteiger partial charge in [-0.15, -0.1) is 0 Å². The monoisotopic (exact) mass is 371 g/mol. The minimum Gasteiger partial charge on any atom is -0.395 e. The smallest absolute Gasteiger partial charge is 0.223 e. The summed E-state index contributed by atoms with van der Waals surface area (Å²) in [4.78, 5) is 15.6. The van der Waals surface area contributed by atoms with Crippen molar-refractivity contribution in [2.24, 2.45) is 5.92 Å². The summed E-state index contributed by atoms with van der Waals surface area (Å²) in [6.07, 6.45) is 10.4. The van der Waals surface area contributed by atoms with Gasteiger partial charge in [0.15, 0.2) is 0 Å². The zero-order chi connectivity index (χ0) is 18.6. The Kier molecular flexibility index (Phi) is 5.42. The van der Waals surface area contributed by atoms with E-state index in [1.807, 2.05) is 12.3 Å². The van der Waals surface area contributed by atoms with Gasteiger partial charge >= 0.3 is 0 Å². The second-order valence-corrected chi connectivity index (χ2v) is 7.64. The molecule has 1 saturated carbocycles. The molecule has 8 nitrogen and oxygen atoms in total. The van der Waals surface area contributed by atoms with Gasteiger partial charge in [0.25, 0.3) is 0 Å². The number of nitrogens with two attached hydrogens (primary N) is 1. The van der Waals surface area contributed by atoms with Gasteiger partial charge in [0.2, 0.25) is 5.95 Å². The van der Waals surface area contributed by atoms with Crippen LogP contribution in [0.15, 0.2) is 18.5 Å². The quantitative estimate of drug-likeness (QED) is 0.682. The number of rotatable bonds is 7. The summed E-state index contributed by atoms with van der Waals surface area (Å²) >= 11 is 0. The Bertz CT molecular complexity index is 758. The van der Waals surface area contributed by atoms with Crippen LogP contribution in [0.2, 0.25) is 0 Å². The zero-order valence-corrected chi connectivity index (χ0v) is 15.7. The van der Waals surface area contributed by atoms with Gasteiger partial charge in [0.05, 0.1) is 6.61 Å². The standard InChI is InChI=1S/C19H29N7O/c20-19-23-16(21-7-10-27)11-17(24-19)25-8-2-5-15(13-25)18-22-6-9-26(18)12-14-3-1-4-14/h6,9,11,14-15,27H,1-5,7-8,10,12-13H2,(H3,20,21,23,24)/t15-/m0/s1. The van der Waals surface area contributed by atoms with E-state index in [1.165, 1.54) is 25.1 Å². The molecule has 146 valence electrons. The molecule has 2 aromatic rings. The highest BCUT2D eigenvalue weighted by molar-refractivity contribution is 5.53. The predicted octanol–water partition coefficient (Wildman–Crippen LogP) is 1.84. The Hall–Kier alpha value is -2.35. The molecule has 1 aliphatic heterocycles. The highest BCUT2D eigenvalue weighted by Gasteiger charge is 2.27. The third kappa shape index (κ3) is 4.16. The fourth-order valence-electron chi connectivity index (χ4n) is 4.07. The largest absolute Gasteiger partial charge is 0.395 e. The van der Waals surface area contributed by atoms with Crippen molar-refractivity contribution in [2.75, 3.05) is 42.2 Å². The lowest BCUT2D eigenvalue weighted by molar-refractivity contribution is 0.270. The average Bonchev–Trinajstić information content (AvgIpc) is 3.11. The number of piperidine rings is 1. The summed E-state index contributed by atoms with van der Waals surface area (Å²) in [5, 5.41) is 12.1. The highest BCUT2D eigenvalue weighted by Crippen LogP contribution is 2.32. The molecule has 0 aromatic carbocycles. The van der Waals surface area contributed by atoms with Gasteiger partial charge in [0.1, 0.15) is 17.5 Å². The molecule has 1 atom stereocenters. The number of aromatic nitrogens is 4. The van der Waals surface area contributed by atoms with E-state index in [2.05, 4.69) is 30.9 Å². The first-order chi connectivity index (χ1) is 13.2. The Labute approximate surface area is 159 Å². The van der Waals surface area contributed by atoms with Gasteiger partial charge in [-0.05, 0) is 31.6 Å². The maximum absolute atomic E-state index is 9.01. The van der Waals surface area contributed by atoms with Gasteiger partial charge in [-0.1, -0.05) is 6.42 Å². The molecule has 1 saturated heterocycles. The van der Waals surface area contributed by atoms with Gasteiger partial charge in [-0.3, -0.25) is 0 Å². The summed E-state index contributed by atoms with van der Waals surface area (Å²) in [6, 6.07) is 1.91. The number of nitrogens with zero attached hydrogens (tertiary/aromatic N) is 5.